The molecule has 0 bridgehead atoms. The Kier molecular flexibility index (Phi) is 3.53. The molecule has 1 amide bonds. The van der Waals surface area contributed by atoms with Crippen LogP contribution in [0.5, 0.6) is 5.75 Å². The molecule has 2 aliphatic rings. The Morgan fingerprint density at radius 1 is 1.29 bits per heavy atom. The number of ether oxygens (including phenoxy) is 1. The SMILES string of the molecule is CSc1ncc2c(n1)C(C)(C)Oc1cc(N3CCCC3=O)ccc1-2. The summed E-state index contributed by atoms with van der Waals surface area (Å²) in [4.78, 5) is 22.9. The highest BCUT2D eigenvalue weighted by Gasteiger charge is 2.35. The van der Waals surface area contributed by atoms with Gasteiger partial charge in [0.25, 0.3) is 0 Å². The Hall–Kier alpha value is -2.08. The lowest BCUT2D eigenvalue weighted by molar-refractivity contribution is -0.117. The Morgan fingerprint density at radius 2 is 2.12 bits per heavy atom. The minimum Gasteiger partial charge on any atom is -0.481 e. The fourth-order valence-corrected chi connectivity index (χ4v) is 3.69. The molecule has 2 aliphatic heterocycles. The van der Waals surface area contributed by atoms with Gasteiger partial charge < -0.3 is 9.64 Å². The second-order valence-electron chi connectivity index (χ2n) is 6.56. The van der Waals surface area contributed by atoms with Gasteiger partial charge >= 0.3 is 0 Å². The van der Waals surface area contributed by atoms with Crippen molar-refractivity contribution in [2.75, 3.05) is 17.7 Å². The highest BCUT2D eigenvalue weighted by atomic mass is 32.2. The number of nitrogens with zero attached hydrogens (tertiary/aromatic N) is 3. The van der Waals surface area contributed by atoms with Crippen molar-refractivity contribution in [1.82, 2.24) is 9.97 Å². The molecule has 2 aromatic rings. The molecular formula is C18H19N3O2S. The average molecular weight is 341 g/mol. The highest BCUT2D eigenvalue weighted by Crippen LogP contribution is 2.45. The van der Waals surface area contributed by atoms with Crippen LogP contribution in [-0.2, 0) is 10.4 Å². The predicted octanol–water partition coefficient (Wildman–Crippen LogP) is 3.62. The topological polar surface area (TPSA) is 55.3 Å². The normalized spacial score (nSPS) is 18.1. The van der Waals surface area contributed by atoms with Gasteiger partial charge in [-0.1, -0.05) is 11.8 Å². The van der Waals surface area contributed by atoms with E-state index < -0.39 is 5.60 Å². The van der Waals surface area contributed by atoms with Crippen LogP contribution in [0.15, 0.2) is 29.6 Å². The van der Waals surface area contributed by atoms with Crippen LogP contribution in [0.25, 0.3) is 11.1 Å². The molecule has 0 atom stereocenters. The predicted molar refractivity (Wildman–Crippen MR) is 94.5 cm³/mol. The van der Waals surface area contributed by atoms with Gasteiger partial charge in [-0.2, -0.15) is 0 Å². The summed E-state index contributed by atoms with van der Waals surface area (Å²) < 4.78 is 6.24. The van der Waals surface area contributed by atoms with Gasteiger partial charge in [-0.25, -0.2) is 9.97 Å². The lowest BCUT2D eigenvalue weighted by Gasteiger charge is -2.34. The maximum Gasteiger partial charge on any atom is 0.227 e. The van der Waals surface area contributed by atoms with E-state index in [2.05, 4.69) is 9.97 Å². The van der Waals surface area contributed by atoms with Gasteiger partial charge in [-0.3, -0.25) is 4.79 Å². The first-order chi connectivity index (χ1) is 11.5. The van der Waals surface area contributed by atoms with Gasteiger partial charge in [0, 0.05) is 42.0 Å². The van der Waals surface area contributed by atoms with E-state index in [9.17, 15) is 4.79 Å². The maximum atomic E-state index is 12.0. The van der Waals surface area contributed by atoms with Gasteiger partial charge in [0.2, 0.25) is 5.91 Å². The number of amides is 1. The molecule has 1 fully saturated rings. The highest BCUT2D eigenvalue weighted by molar-refractivity contribution is 7.98. The molecular weight excluding hydrogens is 322 g/mol. The number of carbonyl (C=O) groups is 1. The van der Waals surface area contributed by atoms with E-state index in [0.29, 0.717) is 6.42 Å². The Balaban J connectivity index is 1.83. The largest absolute Gasteiger partial charge is 0.481 e. The van der Waals surface area contributed by atoms with E-state index in [1.807, 2.05) is 49.4 Å². The summed E-state index contributed by atoms with van der Waals surface area (Å²) in [6.45, 7) is 4.80. The maximum absolute atomic E-state index is 12.0. The summed E-state index contributed by atoms with van der Waals surface area (Å²) in [7, 11) is 0. The van der Waals surface area contributed by atoms with E-state index in [1.54, 1.807) is 0 Å². The number of hydrogen-bond acceptors (Lipinski definition) is 5. The molecule has 0 radical (unpaired) electrons. The Bertz CT molecular complexity index is 835. The first-order valence-corrected chi connectivity index (χ1v) is 9.27. The number of thioether (sulfide) groups is 1. The summed E-state index contributed by atoms with van der Waals surface area (Å²) in [5.74, 6) is 0.962. The van der Waals surface area contributed by atoms with Crippen LogP contribution in [0, 0.1) is 0 Å². The standard InChI is InChI=1S/C18H19N3O2S/c1-18(2)16-13(10-19-17(20-16)24-3)12-7-6-11(9-14(12)23-18)21-8-4-5-15(21)22/h6-7,9-10H,4-5,8H2,1-3H3. The second kappa shape index (κ2) is 5.48. The first kappa shape index (κ1) is 15.4. The van der Waals surface area contributed by atoms with Crippen LogP contribution in [0.1, 0.15) is 32.4 Å². The molecule has 3 heterocycles. The van der Waals surface area contributed by atoms with E-state index in [0.717, 1.165) is 46.4 Å². The van der Waals surface area contributed by atoms with Crippen molar-refractivity contribution < 1.29 is 9.53 Å². The first-order valence-electron chi connectivity index (χ1n) is 8.05. The number of anilines is 1. The van der Waals surface area contributed by atoms with Gasteiger partial charge in [0.1, 0.15) is 11.4 Å². The van der Waals surface area contributed by atoms with Crippen molar-refractivity contribution in [3.8, 4) is 16.9 Å². The van der Waals surface area contributed by atoms with Gasteiger partial charge in [-0.15, -0.1) is 0 Å². The monoisotopic (exact) mass is 341 g/mol. The molecule has 1 aromatic carbocycles. The Morgan fingerprint density at radius 3 is 2.83 bits per heavy atom. The molecule has 0 spiro atoms. The minimum atomic E-state index is -0.538. The third kappa shape index (κ3) is 2.36. The van der Waals surface area contributed by atoms with Crippen LogP contribution in [0.2, 0.25) is 0 Å². The summed E-state index contributed by atoms with van der Waals surface area (Å²) in [5.41, 5.74) is 3.24. The third-order valence-corrected chi connectivity index (χ3v) is 5.09. The van der Waals surface area contributed by atoms with Crippen molar-refractivity contribution in [1.29, 1.82) is 0 Å². The molecule has 0 unspecified atom stereocenters. The van der Waals surface area contributed by atoms with E-state index >= 15 is 0 Å². The molecule has 1 saturated heterocycles. The molecule has 0 saturated carbocycles. The molecule has 1 aromatic heterocycles. The zero-order valence-corrected chi connectivity index (χ0v) is 14.8. The van der Waals surface area contributed by atoms with Gasteiger partial charge in [0.05, 0.1) is 5.69 Å². The molecule has 0 aliphatic carbocycles. The zero-order valence-electron chi connectivity index (χ0n) is 14.0. The van der Waals surface area contributed by atoms with E-state index in [4.69, 9.17) is 4.74 Å². The average Bonchev–Trinajstić information content (AvgIpc) is 2.99. The number of fused-ring (bicyclic) bond motifs is 3. The van der Waals surface area contributed by atoms with E-state index in [-0.39, 0.29) is 5.91 Å². The Labute approximate surface area is 145 Å². The summed E-state index contributed by atoms with van der Waals surface area (Å²) in [6.07, 6.45) is 5.37. The summed E-state index contributed by atoms with van der Waals surface area (Å²) >= 11 is 1.52. The van der Waals surface area contributed by atoms with Gasteiger partial charge in [-0.05, 0) is 38.7 Å². The van der Waals surface area contributed by atoms with Gasteiger partial charge in [0.15, 0.2) is 5.16 Å². The number of benzene rings is 1. The van der Waals surface area contributed by atoms with Crippen molar-refractivity contribution in [3.63, 3.8) is 0 Å². The third-order valence-electron chi connectivity index (χ3n) is 4.53. The summed E-state index contributed by atoms with van der Waals surface area (Å²) in [5, 5.41) is 0.744. The van der Waals surface area contributed by atoms with Crippen LogP contribution in [0.4, 0.5) is 5.69 Å². The lowest BCUT2D eigenvalue weighted by atomic mass is 9.91. The molecule has 4 rings (SSSR count). The van der Waals surface area contributed by atoms with Crippen molar-refractivity contribution in [2.24, 2.45) is 0 Å². The zero-order chi connectivity index (χ0) is 16.9. The number of aromatic nitrogens is 2. The molecule has 0 N–H and O–H groups in total. The second-order valence-corrected chi connectivity index (χ2v) is 7.33. The summed E-state index contributed by atoms with van der Waals surface area (Å²) in [6, 6.07) is 5.95. The van der Waals surface area contributed by atoms with E-state index in [1.165, 1.54) is 11.8 Å². The molecule has 24 heavy (non-hydrogen) atoms. The van der Waals surface area contributed by atoms with Crippen LogP contribution in [0.3, 0.4) is 0 Å². The lowest BCUT2D eigenvalue weighted by Crippen LogP contribution is -2.31. The van der Waals surface area contributed by atoms with Crippen LogP contribution < -0.4 is 9.64 Å². The minimum absolute atomic E-state index is 0.179. The molecule has 124 valence electrons. The quantitative estimate of drug-likeness (QED) is 0.617. The van der Waals surface area contributed by atoms with Crippen LogP contribution >= 0.6 is 11.8 Å². The molecule has 5 nitrogen and oxygen atoms in total. The fourth-order valence-electron chi connectivity index (χ4n) is 3.35. The van der Waals surface area contributed by atoms with Crippen molar-refractivity contribution in [3.05, 3.63) is 30.1 Å². The van der Waals surface area contributed by atoms with Crippen molar-refractivity contribution in [2.45, 2.75) is 37.4 Å². The van der Waals surface area contributed by atoms with Crippen molar-refractivity contribution >= 4 is 23.4 Å². The number of carbonyl (C=O) groups excluding carboxylic acids is 1. The number of rotatable bonds is 2. The van der Waals surface area contributed by atoms with Crippen LogP contribution in [-0.4, -0.2) is 28.7 Å². The molecule has 6 heteroatoms. The smallest absolute Gasteiger partial charge is 0.227 e. The number of hydrogen-bond donors (Lipinski definition) is 0. The fraction of sp³-hybridized carbons (Fsp3) is 0.389.